The van der Waals surface area contributed by atoms with Crippen LogP contribution < -0.4 is 9.47 Å². The van der Waals surface area contributed by atoms with Gasteiger partial charge in [0.05, 0.1) is 18.9 Å². The van der Waals surface area contributed by atoms with Gasteiger partial charge in [-0.1, -0.05) is 29.8 Å². The van der Waals surface area contributed by atoms with Crippen LogP contribution in [0.4, 0.5) is 0 Å². The van der Waals surface area contributed by atoms with E-state index in [0.29, 0.717) is 6.04 Å². The van der Waals surface area contributed by atoms with Gasteiger partial charge in [-0.15, -0.1) is 0 Å². The first-order chi connectivity index (χ1) is 14.5. The summed E-state index contributed by atoms with van der Waals surface area (Å²) in [5, 5.41) is 7.47. The minimum atomic E-state index is -0.362. The van der Waals surface area contributed by atoms with Gasteiger partial charge in [0.2, 0.25) is 5.72 Å². The molecule has 1 atom stereocenters. The summed E-state index contributed by atoms with van der Waals surface area (Å²) in [5.41, 5.74) is 4.40. The summed E-state index contributed by atoms with van der Waals surface area (Å²) in [6.45, 7) is 8.76. The van der Waals surface area contributed by atoms with Crippen molar-refractivity contribution in [2.24, 2.45) is 5.10 Å². The van der Waals surface area contributed by atoms with Crippen LogP contribution in [0.3, 0.4) is 0 Å². The maximum atomic E-state index is 6.75. The first-order valence-corrected chi connectivity index (χ1v) is 11.0. The van der Waals surface area contributed by atoms with Crippen LogP contribution in [0.25, 0.3) is 0 Å². The predicted molar refractivity (Wildman–Crippen MR) is 119 cm³/mol. The highest BCUT2D eigenvalue weighted by molar-refractivity contribution is 6.02. The largest absolute Gasteiger partial charge is 0.497 e. The van der Waals surface area contributed by atoms with E-state index in [1.807, 2.05) is 12.1 Å². The van der Waals surface area contributed by atoms with Crippen LogP contribution in [0.2, 0.25) is 0 Å². The van der Waals surface area contributed by atoms with Crippen molar-refractivity contribution in [1.29, 1.82) is 0 Å². The van der Waals surface area contributed by atoms with E-state index in [0.717, 1.165) is 55.1 Å². The summed E-state index contributed by atoms with van der Waals surface area (Å²) < 4.78 is 12.2. The fourth-order valence-corrected chi connectivity index (χ4v) is 5.10. The molecule has 0 radical (unpaired) electrons. The minimum absolute atomic E-state index is 0.223. The summed E-state index contributed by atoms with van der Waals surface area (Å²) in [6.07, 6.45) is 2.82. The number of hydrogen-bond donors (Lipinski definition) is 0. The molecule has 2 aromatic carbocycles. The molecule has 1 spiro atoms. The van der Waals surface area contributed by atoms with Gasteiger partial charge in [0.25, 0.3) is 0 Å². The predicted octanol–water partition coefficient (Wildman–Crippen LogP) is 4.75. The number of benzene rings is 2. The third-order valence-electron chi connectivity index (χ3n) is 6.86. The smallest absolute Gasteiger partial charge is 0.200 e. The molecular formula is C25H31N3O2. The second-order valence-corrected chi connectivity index (χ2v) is 9.06. The summed E-state index contributed by atoms with van der Waals surface area (Å²) in [7, 11) is 1.71. The average Bonchev–Trinajstić information content (AvgIpc) is 3.22. The number of piperidine rings is 1. The summed E-state index contributed by atoms with van der Waals surface area (Å²) in [5.74, 6) is 1.90. The van der Waals surface area contributed by atoms with Crippen LogP contribution in [0.1, 0.15) is 55.8 Å². The first kappa shape index (κ1) is 19.4. The third kappa shape index (κ3) is 3.16. The Balaban J connectivity index is 1.54. The van der Waals surface area contributed by atoms with Crippen LogP contribution in [-0.4, -0.2) is 47.6 Å². The number of hydrogen-bond acceptors (Lipinski definition) is 5. The normalized spacial score (nSPS) is 22.5. The Morgan fingerprint density at radius 1 is 1.13 bits per heavy atom. The van der Waals surface area contributed by atoms with Crippen LogP contribution in [0, 0.1) is 6.92 Å². The molecule has 0 N–H and O–H groups in total. The lowest BCUT2D eigenvalue weighted by atomic mass is 9.90. The quantitative estimate of drug-likeness (QED) is 0.739. The molecule has 5 rings (SSSR count). The van der Waals surface area contributed by atoms with E-state index >= 15 is 0 Å². The number of methoxy groups -OCH3 is 1. The van der Waals surface area contributed by atoms with Crippen LogP contribution in [0.5, 0.6) is 11.5 Å². The Morgan fingerprint density at radius 2 is 1.93 bits per heavy atom. The van der Waals surface area contributed by atoms with Gasteiger partial charge in [-0.25, -0.2) is 5.01 Å². The number of aryl methyl sites for hydroxylation is 1. The van der Waals surface area contributed by atoms with Crippen molar-refractivity contribution < 1.29 is 9.47 Å². The molecule has 0 bridgehead atoms. The Labute approximate surface area is 179 Å². The number of nitrogens with zero attached hydrogens (tertiary/aromatic N) is 3. The molecule has 3 heterocycles. The Bertz CT molecular complexity index is 976. The van der Waals surface area contributed by atoms with E-state index in [1.54, 1.807) is 7.11 Å². The number of fused-ring (bicyclic) bond motifs is 4. The maximum Gasteiger partial charge on any atom is 0.200 e. The molecule has 5 heteroatoms. The maximum absolute atomic E-state index is 6.75. The molecule has 0 amide bonds. The van der Waals surface area contributed by atoms with E-state index in [1.165, 1.54) is 11.1 Å². The summed E-state index contributed by atoms with van der Waals surface area (Å²) >= 11 is 0. The van der Waals surface area contributed by atoms with E-state index in [-0.39, 0.29) is 11.8 Å². The van der Waals surface area contributed by atoms with Crippen molar-refractivity contribution in [2.75, 3.05) is 20.2 Å². The highest BCUT2D eigenvalue weighted by Gasteiger charge is 2.52. The molecule has 5 nitrogen and oxygen atoms in total. The zero-order valence-electron chi connectivity index (χ0n) is 18.4. The second-order valence-electron chi connectivity index (χ2n) is 9.06. The Morgan fingerprint density at radius 3 is 2.67 bits per heavy atom. The van der Waals surface area contributed by atoms with Crippen molar-refractivity contribution in [3.63, 3.8) is 0 Å². The molecule has 158 valence electrons. The minimum Gasteiger partial charge on any atom is -0.497 e. The number of likely N-dealkylation sites (tertiary alicyclic amines) is 1. The second kappa shape index (κ2) is 7.31. The van der Waals surface area contributed by atoms with Crippen molar-refractivity contribution >= 4 is 5.71 Å². The van der Waals surface area contributed by atoms with Gasteiger partial charge >= 0.3 is 0 Å². The lowest BCUT2D eigenvalue weighted by molar-refractivity contribution is -0.152. The summed E-state index contributed by atoms with van der Waals surface area (Å²) in [4.78, 5) is 2.54. The fourth-order valence-electron chi connectivity index (χ4n) is 5.10. The van der Waals surface area contributed by atoms with Crippen molar-refractivity contribution in [3.05, 3.63) is 59.2 Å². The third-order valence-corrected chi connectivity index (χ3v) is 6.86. The van der Waals surface area contributed by atoms with E-state index in [4.69, 9.17) is 14.6 Å². The lowest BCUT2D eigenvalue weighted by Gasteiger charge is -2.51. The molecule has 3 aliphatic rings. The first-order valence-electron chi connectivity index (χ1n) is 11.0. The molecular weight excluding hydrogens is 374 g/mol. The number of rotatable bonds is 3. The highest BCUT2D eigenvalue weighted by atomic mass is 16.5. The topological polar surface area (TPSA) is 37.3 Å². The van der Waals surface area contributed by atoms with Gasteiger partial charge in [-0.3, -0.25) is 0 Å². The standard InChI is InChI=1S/C25H31N3O2/c1-17(2)27-12-10-25(11-13-27)28-23(21-14-18(3)8-9-24(21)30-25)16-22(26-28)19-6-5-7-20(15-19)29-4/h5-9,14-15,17,23H,10-13,16H2,1-4H3/t23-/m0/s1. The van der Waals surface area contributed by atoms with Gasteiger partial charge < -0.3 is 14.4 Å². The zero-order chi connectivity index (χ0) is 20.9. The molecule has 0 unspecified atom stereocenters. The molecule has 30 heavy (non-hydrogen) atoms. The number of ether oxygens (including phenoxy) is 2. The molecule has 0 aromatic heterocycles. The van der Waals surface area contributed by atoms with Gasteiger partial charge in [0.15, 0.2) is 0 Å². The van der Waals surface area contributed by atoms with E-state index in [9.17, 15) is 0 Å². The monoisotopic (exact) mass is 405 g/mol. The molecule has 1 fully saturated rings. The summed E-state index contributed by atoms with van der Waals surface area (Å²) in [6, 6.07) is 15.6. The molecule has 0 saturated carbocycles. The Hall–Kier alpha value is -2.53. The van der Waals surface area contributed by atoms with Crippen molar-refractivity contribution in [3.8, 4) is 11.5 Å². The van der Waals surface area contributed by atoms with Crippen molar-refractivity contribution in [1.82, 2.24) is 9.91 Å². The van der Waals surface area contributed by atoms with E-state index < -0.39 is 0 Å². The SMILES string of the molecule is COc1cccc(C2=NN3[C@@H](C2)c2cc(C)ccc2OC32CCN(C(C)C)CC2)c1. The average molecular weight is 406 g/mol. The Kier molecular flexibility index (Phi) is 4.73. The van der Waals surface area contributed by atoms with Gasteiger partial charge in [0.1, 0.15) is 11.5 Å². The van der Waals surface area contributed by atoms with E-state index in [2.05, 4.69) is 61.0 Å². The van der Waals surface area contributed by atoms with Gasteiger partial charge in [-0.2, -0.15) is 5.10 Å². The number of hydrazone groups is 1. The lowest BCUT2D eigenvalue weighted by Crippen LogP contribution is -2.59. The van der Waals surface area contributed by atoms with Crippen LogP contribution in [0.15, 0.2) is 47.6 Å². The molecule has 3 aliphatic heterocycles. The van der Waals surface area contributed by atoms with Gasteiger partial charge in [0, 0.05) is 49.5 Å². The highest BCUT2D eigenvalue weighted by Crippen LogP contribution is 2.50. The van der Waals surface area contributed by atoms with Crippen LogP contribution in [-0.2, 0) is 0 Å². The molecule has 0 aliphatic carbocycles. The zero-order valence-corrected chi connectivity index (χ0v) is 18.4. The molecule has 2 aromatic rings. The van der Waals surface area contributed by atoms with Crippen molar-refractivity contribution in [2.45, 2.75) is 57.8 Å². The van der Waals surface area contributed by atoms with Gasteiger partial charge in [-0.05, 0) is 39.0 Å². The van der Waals surface area contributed by atoms with Crippen LogP contribution >= 0.6 is 0 Å². The molecule has 1 saturated heterocycles. The fraction of sp³-hybridized carbons (Fsp3) is 0.480.